The maximum absolute atomic E-state index is 12.9. The van der Waals surface area contributed by atoms with E-state index in [0.717, 1.165) is 27.5 Å². The molecule has 0 saturated heterocycles. The fourth-order valence-corrected chi connectivity index (χ4v) is 3.78. The van der Waals surface area contributed by atoms with Crippen molar-refractivity contribution < 1.29 is 14.7 Å². The Morgan fingerprint density at radius 3 is 2.42 bits per heavy atom. The average molecular weight is 437 g/mol. The third kappa shape index (κ3) is 5.52. The number of fused-ring (bicyclic) bond motifs is 1. The molecule has 1 heterocycles. The van der Waals surface area contributed by atoms with Crippen molar-refractivity contribution in [2.45, 2.75) is 19.3 Å². The molecule has 0 radical (unpaired) electrons. The van der Waals surface area contributed by atoms with E-state index >= 15 is 0 Å². The quantitative estimate of drug-likeness (QED) is 0.324. The molecule has 5 nitrogen and oxygen atoms in total. The number of hydrogen-bond acceptors (Lipinski definition) is 3. The maximum atomic E-state index is 12.9. The van der Waals surface area contributed by atoms with E-state index in [9.17, 15) is 9.59 Å². The van der Waals surface area contributed by atoms with Crippen LogP contribution in [-0.4, -0.2) is 22.0 Å². The number of unbranched alkanes of at least 4 members (excludes halogenated alkanes) is 1. The van der Waals surface area contributed by atoms with Gasteiger partial charge in [0, 0.05) is 35.6 Å². The Kier molecular flexibility index (Phi) is 6.90. The summed E-state index contributed by atoms with van der Waals surface area (Å²) in [5, 5.41) is 13.8. The molecule has 0 aliphatic heterocycles. The fraction of sp³-hybridized carbons (Fsp3) is 0.107. The average Bonchev–Trinajstić information content (AvgIpc) is 2.85. The number of carbonyl (C=O) groups is 2. The number of carboxylic acids is 1. The van der Waals surface area contributed by atoms with E-state index in [0.29, 0.717) is 24.1 Å². The number of benzene rings is 3. The minimum atomic E-state index is -0.794. The molecule has 2 N–H and O–H groups in total. The molecular weight excluding hydrogens is 412 g/mol. The molecule has 0 bridgehead atoms. The molecule has 164 valence electrons. The number of nitrogens with zero attached hydrogens (tertiary/aromatic N) is 1. The standard InChI is InChI=1S/C28H24N2O3/c31-27(32)13-4-3-10-24(22-9-6-18-29-19-22)21-14-16-23(17-15-21)30-28(33)26-12-5-8-20-7-1-2-11-25(20)26/h1-2,5-12,14-19H,3-4,13H2,(H,30,33)(H,31,32)/b24-10-. The van der Waals surface area contributed by atoms with E-state index in [-0.39, 0.29) is 12.3 Å². The predicted molar refractivity (Wildman–Crippen MR) is 131 cm³/mol. The molecule has 33 heavy (non-hydrogen) atoms. The summed E-state index contributed by atoms with van der Waals surface area (Å²) in [5.41, 5.74) is 4.25. The SMILES string of the molecule is O=C(O)CCC/C=C(/c1ccc(NC(=O)c2cccc3ccccc23)cc1)c1cccnc1. The van der Waals surface area contributed by atoms with Gasteiger partial charge in [-0.25, -0.2) is 0 Å². The first-order valence-corrected chi connectivity index (χ1v) is 10.8. The van der Waals surface area contributed by atoms with Gasteiger partial charge in [0.05, 0.1) is 0 Å². The molecule has 4 rings (SSSR count). The lowest BCUT2D eigenvalue weighted by Crippen LogP contribution is -2.12. The van der Waals surface area contributed by atoms with Crippen molar-refractivity contribution in [3.05, 3.63) is 114 Å². The van der Waals surface area contributed by atoms with Crippen LogP contribution in [0.2, 0.25) is 0 Å². The number of carbonyl (C=O) groups excluding carboxylic acids is 1. The highest BCUT2D eigenvalue weighted by atomic mass is 16.4. The predicted octanol–water partition coefficient (Wildman–Crippen LogP) is 6.17. The lowest BCUT2D eigenvalue weighted by Gasteiger charge is -2.11. The number of aromatic nitrogens is 1. The number of amides is 1. The Balaban J connectivity index is 1.54. The molecule has 3 aromatic carbocycles. The van der Waals surface area contributed by atoms with Gasteiger partial charge in [0.2, 0.25) is 0 Å². The van der Waals surface area contributed by atoms with Crippen molar-refractivity contribution in [3.63, 3.8) is 0 Å². The Morgan fingerprint density at radius 2 is 1.67 bits per heavy atom. The van der Waals surface area contributed by atoms with E-state index in [1.165, 1.54) is 0 Å². The second kappa shape index (κ2) is 10.4. The highest BCUT2D eigenvalue weighted by Gasteiger charge is 2.11. The molecule has 0 saturated carbocycles. The van der Waals surface area contributed by atoms with Crippen LogP contribution < -0.4 is 5.32 Å². The van der Waals surface area contributed by atoms with E-state index in [1.807, 2.05) is 84.9 Å². The van der Waals surface area contributed by atoms with E-state index in [1.54, 1.807) is 12.4 Å². The minimum absolute atomic E-state index is 0.135. The smallest absolute Gasteiger partial charge is 0.303 e. The summed E-state index contributed by atoms with van der Waals surface area (Å²) in [6, 6.07) is 25.0. The third-order valence-corrected chi connectivity index (χ3v) is 5.40. The van der Waals surface area contributed by atoms with Crippen LogP contribution in [-0.2, 0) is 4.79 Å². The van der Waals surface area contributed by atoms with Crippen LogP contribution in [0.1, 0.15) is 40.7 Å². The van der Waals surface area contributed by atoms with Crippen LogP contribution in [0.3, 0.4) is 0 Å². The summed E-state index contributed by atoms with van der Waals surface area (Å²) in [7, 11) is 0. The van der Waals surface area contributed by atoms with Gasteiger partial charge < -0.3 is 10.4 Å². The zero-order chi connectivity index (χ0) is 23.0. The first kappa shape index (κ1) is 22.0. The lowest BCUT2D eigenvalue weighted by molar-refractivity contribution is -0.137. The van der Waals surface area contributed by atoms with Crippen LogP contribution in [0.5, 0.6) is 0 Å². The number of hydrogen-bond donors (Lipinski definition) is 2. The molecule has 1 amide bonds. The van der Waals surface area contributed by atoms with E-state index < -0.39 is 5.97 Å². The van der Waals surface area contributed by atoms with Gasteiger partial charge in [-0.05, 0) is 59.0 Å². The van der Waals surface area contributed by atoms with Gasteiger partial charge in [0.15, 0.2) is 0 Å². The monoisotopic (exact) mass is 436 g/mol. The topological polar surface area (TPSA) is 79.3 Å². The largest absolute Gasteiger partial charge is 0.481 e. The minimum Gasteiger partial charge on any atom is -0.481 e. The number of allylic oxidation sites excluding steroid dienone is 1. The van der Waals surface area contributed by atoms with Crippen LogP contribution in [0.15, 0.2) is 97.3 Å². The van der Waals surface area contributed by atoms with Gasteiger partial charge in [-0.1, -0.05) is 60.7 Å². The Labute approximate surface area is 192 Å². The Hall–Kier alpha value is -4.25. The van der Waals surface area contributed by atoms with Gasteiger partial charge in [-0.15, -0.1) is 0 Å². The molecule has 5 heteroatoms. The second-order valence-corrected chi connectivity index (χ2v) is 7.70. The number of nitrogens with one attached hydrogen (secondary N) is 1. The summed E-state index contributed by atoms with van der Waals surface area (Å²) >= 11 is 0. The molecule has 4 aromatic rings. The Bertz CT molecular complexity index is 1290. The summed E-state index contributed by atoms with van der Waals surface area (Å²) in [4.78, 5) is 27.9. The first-order chi connectivity index (χ1) is 16.1. The van der Waals surface area contributed by atoms with Gasteiger partial charge in [0.25, 0.3) is 5.91 Å². The van der Waals surface area contributed by atoms with Crippen molar-refractivity contribution in [1.82, 2.24) is 4.98 Å². The summed E-state index contributed by atoms with van der Waals surface area (Å²) in [6.45, 7) is 0. The summed E-state index contributed by atoms with van der Waals surface area (Å²) < 4.78 is 0. The lowest BCUT2D eigenvalue weighted by atomic mass is 9.97. The summed E-state index contributed by atoms with van der Waals surface area (Å²) in [5.74, 6) is -0.950. The zero-order valence-corrected chi connectivity index (χ0v) is 18.1. The normalized spacial score (nSPS) is 11.3. The summed E-state index contributed by atoms with van der Waals surface area (Å²) in [6.07, 6.45) is 6.91. The van der Waals surface area contributed by atoms with Crippen molar-refractivity contribution in [1.29, 1.82) is 0 Å². The molecule has 0 atom stereocenters. The van der Waals surface area contributed by atoms with Crippen LogP contribution in [0, 0.1) is 0 Å². The Morgan fingerprint density at radius 1 is 0.879 bits per heavy atom. The number of carboxylic acid groups (broad SMARTS) is 1. The van der Waals surface area contributed by atoms with E-state index in [2.05, 4.69) is 10.3 Å². The van der Waals surface area contributed by atoms with Gasteiger partial charge in [0.1, 0.15) is 0 Å². The molecule has 0 unspecified atom stereocenters. The van der Waals surface area contributed by atoms with E-state index in [4.69, 9.17) is 5.11 Å². The van der Waals surface area contributed by atoms with Crippen LogP contribution in [0.25, 0.3) is 16.3 Å². The number of anilines is 1. The van der Waals surface area contributed by atoms with Crippen LogP contribution >= 0.6 is 0 Å². The fourth-order valence-electron chi connectivity index (χ4n) is 3.78. The van der Waals surface area contributed by atoms with Crippen molar-refractivity contribution in [2.24, 2.45) is 0 Å². The van der Waals surface area contributed by atoms with Crippen molar-refractivity contribution in [2.75, 3.05) is 5.32 Å². The molecule has 0 fully saturated rings. The molecule has 0 spiro atoms. The van der Waals surface area contributed by atoms with Crippen molar-refractivity contribution in [3.8, 4) is 0 Å². The molecule has 0 aliphatic rings. The zero-order valence-electron chi connectivity index (χ0n) is 18.1. The van der Waals surface area contributed by atoms with Crippen molar-refractivity contribution >= 4 is 33.9 Å². The van der Waals surface area contributed by atoms with Crippen LogP contribution in [0.4, 0.5) is 5.69 Å². The number of aliphatic carboxylic acids is 1. The van der Waals surface area contributed by atoms with Gasteiger partial charge in [-0.2, -0.15) is 0 Å². The highest BCUT2D eigenvalue weighted by Crippen LogP contribution is 2.26. The van der Waals surface area contributed by atoms with Gasteiger partial charge >= 0.3 is 5.97 Å². The molecule has 1 aromatic heterocycles. The maximum Gasteiger partial charge on any atom is 0.303 e. The third-order valence-electron chi connectivity index (χ3n) is 5.40. The number of rotatable bonds is 8. The number of pyridine rings is 1. The second-order valence-electron chi connectivity index (χ2n) is 7.70. The van der Waals surface area contributed by atoms with Gasteiger partial charge in [-0.3, -0.25) is 14.6 Å². The highest BCUT2D eigenvalue weighted by molar-refractivity contribution is 6.12. The molecular formula is C28H24N2O3. The first-order valence-electron chi connectivity index (χ1n) is 10.8. The molecule has 0 aliphatic carbocycles.